The molecule has 0 bridgehead atoms. The molecule has 0 radical (unpaired) electrons. The Morgan fingerprint density at radius 3 is 2.53 bits per heavy atom. The second kappa shape index (κ2) is 4.79. The molecule has 0 aliphatic carbocycles. The fourth-order valence-corrected chi connectivity index (χ4v) is 1.24. The molecule has 15 heavy (non-hydrogen) atoms. The molecule has 3 heteroatoms. The standard InChI is InChI=1S/C12H22N2O/c1-9(2)7-13-8-10-6-11(15-14-10)12(3,4)5/h6,9,13H,7-8H2,1-5H3. The van der Waals surface area contributed by atoms with Crippen molar-refractivity contribution >= 4 is 0 Å². The first-order valence-corrected chi connectivity index (χ1v) is 5.56. The summed E-state index contributed by atoms with van der Waals surface area (Å²) in [6.45, 7) is 12.6. The van der Waals surface area contributed by atoms with Crippen LogP contribution in [0.3, 0.4) is 0 Å². The molecule has 0 spiro atoms. The van der Waals surface area contributed by atoms with Gasteiger partial charge in [-0.05, 0) is 12.5 Å². The van der Waals surface area contributed by atoms with Crippen LogP contribution in [0.4, 0.5) is 0 Å². The van der Waals surface area contributed by atoms with Crippen molar-refractivity contribution in [2.24, 2.45) is 5.92 Å². The molecule has 0 amide bonds. The first-order valence-electron chi connectivity index (χ1n) is 5.56. The Bertz CT molecular complexity index is 297. The highest BCUT2D eigenvalue weighted by Gasteiger charge is 2.19. The minimum atomic E-state index is 0.0449. The quantitative estimate of drug-likeness (QED) is 0.830. The van der Waals surface area contributed by atoms with Gasteiger partial charge in [0.15, 0.2) is 0 Å². The average Bonchev–Trinajstić information content (AvgIpc) is 2.51. The van der Waals surface area contributed by atoms with Crippen LogP contribution in [0.25, 0.3) is 0 Å². The van der Waals surface area contributed by atoms with Crippen molar-refractivity contribution in [3.05, 3.63) is 17.5 Å². The van der Waals surface area contributed by atoms with Crippen molar-refractivity contribution in [3.8, 4) is 0 Å². The van der Waals surface area contributed by atoms with Gasteiger partial charge in [-0.15, -0.1) is 0 Å². The molecule has 0 atom stereocenters. The molecule has 1 aromatic heterocycles. The van der Waals surface area contributed by atoms with Gasteiger partial charge in [-0.2, -0.15) is 0 Å². The van der Waals surface area contributed by atoms with E-state index in [4.69, 9.17) is 4.52 Å². The van der Waals surface area contributed by atoms with Crippen LogP contribution >= 0.6 is 0 Å². The Balaban J connectivity index is 2.47. The van der Waals surface area contributed by atoms with Gasteiger partial charge in [-0.25, -0.2) is 0 Å². The summed E-state index contributed by atoms with van der Waals surface area (Å²) in [6, 6.07) is 2.04. The number of nitrogens with zero attached hydrogens (tertiary/aromatic N) is 1. The highest BCUT2D eigenvalue weighted by molar-refractivity contribution is 5.12. The van der Waals surface area contributed by atoms with Crippen LogP contribution < -0.4 is 5.32 Å². The second-order valence-electron chi connectivity index (χ2n) is 5.46. The summed E-state index contributed by atoms with van der Waals surface area (Å²) in [7, 11) is 0. The van der Waals surface area contributed by atoms with Gasteiger partial charge < -0.3 is 9.84 Å². The maximum Gasteiger partial charge on any atom is 0.142 e. The normalized spacial score (nSPS) is 12.4. The Morgan fingerprint density at radius 2 is 2.07 bits per heavy atom. The van der Waals surface area contributed by atoms with Gasteiger partial charge in [0.25, 0.3) is 0 Å². The topological polar surface area (TPSA) is 38.1 Å². The van der Waals surface area contributed by atoms with Gasteiger partial charge in [-0.1, -0.05) is 39.8 Å². The minimum Gasteiger partial charge on any atom is -0.361 e. The number of aromatic nitrogens is 1. The molecule has 0 aliphatic heterocycles. The smallest absolute Gasteiger partial charge is 0.142 e. The lowest BCUT2D eigenvalue weighted by atomic mass is 9.93. The van der Waals surface area contributed by atoms with E-state index >= 15 is 0 Å². The molecule has 86 valence electrons. The number of rotatable bonds is 4. The zero-order chi connectivity index (χ0) is 11.5. The molecule has 1 N–H and O–H groups in total. The third kappa shape index (κ3) is 4.04. The van der Waals surface area contributed by atoms with Crippen LogP contribution in [0.2, 0.25) is 0 Å². The van der Waals surface area contributed by atoms with Gasteiger partial charge in [-0.3, -0.25) is 0 Å². The predicted octanol–water partition coefficient (Wildman–Crippen LogP) is 2.72. The van der Waals surface area contributed by atoms with Crippen molar-refractivity contribution in [1.82, 2.24) is 10.5 Å². The van der Waals surface area contributed by atoms with Crippen LogP contribution in [-0.2, 0) is 12.0 Å². The van der Waals surface area contributed by atoms with Gasteiger partial charge in [0.2, 0.25) is 0 Å². The molecule has 0 saturated heterocycles. The van der Waals surface area contributed by atoms with Gasteiger partial charge in [0, 0.05) is 18.0 Å². The molecular formula is C12H22N2O. The van der Waals surface area contributed by atoms with Crippen molar-refractivity contribution < 1.29 is 4.52 Å². The fourth-order valence-electron chi connectivity index (χ4n) is 1.24. The Hall–Kier alpha value is -0.830. The lowest BCUT2D eigenvalue weighted by Gasteiger charge is -2.12. The summed E-state index contributed by atoms with van der Waals surface area (Å²) in [5.41, 5.74) is 1.03. The Kier molecular flexibility index (Phi) is 3.91. The summed E-state index contributed by atoms with van der Waals surface area (Å²) in [4.78, 5) is 0. The zero-order valence-corrected chi connectivity index (χ0v) is 10.4. The first-order chi connectivity index (χ1) is 6.89. The van der Waals surface area contributed by atoms with Crippen molar-refractivity contribution in [2.75, 3.05) is 6.54 Å². The molecule has 1 rings (SSSR count). The highest BCUT2D eigenvalue weighted by atomic mass is 16.5. The van der Waals surface area contributed by atoms with Crippen molar-refractivity contribution in [3.63, 3.8) is 0 Å². The SMILES string of the molecule is CC(C)CNCc1cc(C(C)(C)C)on1. The van der Waals surface area contributed by atoms with E-state index in [1.165, 1.54) is 0 Å². The molecule has 0 saturated carbocycles. The van der Waals surface area contributed by atoms with Gasteiger partial charge >= 0.3 is 0 Å². The summed E-state index contributed by atoms with van der Waals surface area (Å²) in [5.74, 6) is 1.61. The van der Waals surface area contributed by atoms with Crippen molar-refractivity contribution in [2.45, 2.75) is 46.6 Å². The van der Waals surface area contributed by atoms with E-state index in [2.05, 4.69) is 45.1 Å². The Morgan fingerprint density at radius 1 is 1.40 bits per heavy atom. The third-order valence-corrected chi connectivity index (χ3v) is 2.16. The molecule has 0 aromatic carbocycles. The number of nitrogens with one attached hydrogen (secondary N) is 1. The maximum absolute atomic E-state index is 5.30. The van der Waals surface area contributed by atoms with E-state index < -0.39 is 0 Å². The average molecular weight is 210 g/mol. The molecular weight excluding hydrogens is 188 g/mol. The molecule has 3 nitrogen and oxygen atoms in total. The summed E-state index contributed by atoms with van der Waals surface area (Å²) in [6.07, 6.45) is 0. The van der Waals surface area contributed by atoms with Gasteiger partial charge in [0.05, 0.1) is 5.69 Å². The molecule has 0 fully saturated rings. The number of hydrogen-bond donors (Lipinski definition) is 1. The molecule has 1 heterocycles. The first kappa shape index (κ1) is 12.2. The largest absolute Gasteiger partial charge is 0.361 e. The predicted molar refractivity (Wildman–Crippen MR) is 61.7 cm³/mol. The Labute approximate surface area is 92.2 Å². The highest BCUT2D eigenvalue weighted by Crippen LogP contribution is 2.22. The van der Waals surface area contributed by atoms with E-state index in [0.29, 0.717) is 5.92 Å². The zero-order valence-electron chi connectivity index (χ0n) is 10.4. The van der Waals surface area contributed by atoms with E-state index in [1.54, 1.807) is 0 Å². The molecule has 0 unspecified atom stereocenters. The molecule has 0 aliphatic rings. The lowest BCUT2D eigenvalue weighted by molar-refractivity contribution is 0.324. The summed E-state index contributed by atoms with van der Waals surface area (Å²) >= 11 is 0. The minimum absolute atomic E-state index is 0.0449. The molecule has 1 aromatic rings. The van der Waals surface area contributed by atoms with Crippen molar-refractivity contribution in [1.29, 1.82) is 0 Å². The van der Waals surface area contributed by atoms with E-state index in [9.17, 15) is 0 Å². The lowest BCUT2D eigenvalue weighted by Crippen LogP contribution is -2.19. The van der Waals surface area contributed by atoms with Crippen LogP contribution in [-0.4, -0.2) is 11.7 Å². The fraction of sp³-hybridized carbons (Fsp3) is 0.750. The number of hydrogen-bond acceptors (Lipinski definition) is 3. The van der Waals surface area contributed by atoms with Gasteiger partial charge in [0.1, 0.15) is 5.76 Å². The summed E-state index contributed by atoms with van der Waals surface area (Å²) in [5, 5.41) is 7.39. The van der Waals surface area contributed by atoms with Crippen LogP contribution in [0.15, 0.2) is 10.6 Å². The van der Waals surface area contributed by atoms with Crippen LogP contribution in [0.5, 0.6) is 0 Å². The summed E-state index contributed by atoms with van der Waals surface area (Å²) < 4.78 is 5.30. The second-order valence-corrected chi connectivity index (χ2v) is 5.46. The van der Waals surface area contributed by atoms with Crippen LogP contribution in [0, 0.1) is 5.92 Å². The monoisotopic (exact) mass is 210 g/mol. The van der Waals surface area contributed by atoms with E-state index in [1.807, 2.05) is 6.07 Å². The van der Waals surface area contributed by atoms with E-state index in [0.717, 1.165) is 24.5 Å². The van der Waals surface area contributed by atoms with Crippen LogP contribution in [0.1, 0.15) is 46.1 Å². The maximum atomic E-state index is 5.30. The third-order valence-electron chi connectivity index (χ3n) is 2.16. The van der Waals surface area contributed by atoms with E-state index in [-0.39, 0.29) is 5.41 Å².